The van der Waals surface area contributed by atoms with Crippen molar-refractivity contribution in [2.45, 2.75) is 33.1 Å². The van der Waals surface area contributed by atoms with Crippen LogP contribution in [0.3, 0.4) is 0 Å². The molecule has 0 unspecified atom stereocenters. The van der Waals surface area contributed by atoms with Crippen LogP contribution in [0.5, 0.6) is 0 Å². The van der Waals surface area contributed by atoms with Crippen molar-refractivity contribution in [2.24, 2.45) is 0 Å². The number of rotatable bonds is 3. The van der Waals surface area contributed by atoms with Crippen molar-refractivity contribution < 1.29 is 0 Å². The molecule has 0 saturated carbocycles. The summed E-state index contributed by atoms with van der Waals surface area (Å²) in [5.41, 5.74) is 2.06. The maximum atomic E-state index is 4.80. The van der Waals surface area contributed by atoms with E-state index < -0.39 is 0 Å². The smallest absolute Gasteiger partial charge is 0.143 e. The Kier molecular flexibility index (Phi) is 4.62. The van der Waals surface area contributed by atoms with Crippen molar-refractivity contribution in [3.05, 3.63) is 39.7 Å². The summed E-state index contributed by atoms with van der Waals surface area (Å²) in [5.74, 6) is 1.79. The number of hydrogen-bond acceptors (Lipinski definition) is 3. The molecule has 2 aromatic rings. The van der Waals surface area contributed by atoms with E-state index in [0.717, 1.165) is 33.0 Å². The highest BCUT2D eigenvalue weighted by Crippen LogP contribution is 2.31. The fraction of sp³-hybridized carbons (Fsp3) is 0.375. The van der Waals surface area contributed by atoms with Gasteiger partial charge in [-0.1, -0.05) is 51.1 Å². The van der Waals surface area contributed by atoms with Gasteiger partial charge in [0.15, 0.2) is 0 Å². The van der Waals surface area contributed by atoms with Gasteiger partial charge in [-0.3, -0.25) is 0 Å². The first-order valence-corrected chi connectivity index (χ1v) is 7.88. The Labute approximate surface area is 134 Å². The van der Waals surface area contributed by atoms with E-state index in [4.69, 9.17) is 4.98 Å². The zero-order valence-electron chi connectivity index (χ0n) is 12.4. The first-order chi connectivity index (χ1) is 9.43. The third kappa shape index (κ3) is 3.29. The number of anilines is 1. The van der Waals surface area contributed by atoms with Crippen molar-refractivity contribution in [3.63, 3.8) is 0 Å². The summed E-state index contributed by atoms with van der Waals surface area (Å²) in [7, 11) is 0. The van der Waals surface area contributed by atoms with Crippen LogP contribution in [-0.4, -0.2) is 16.5 Å². The maximum absolute atomic E-state index is 4.80. The van der Waals surface area contributed by atoms with E-state index in [1.807, 2.05) is 18.2 Å². The van der Waals surface area contributed by atoms with E-state index in [1.54, 1.807) is 0 Å². The van der Waals surface area contributed by atoms with Crippen molar-refractivity contribution in [1.82, 2.24) is 9.97 Å². The standard InChI is InChI=1S/C16H20IN3/c1-5-18-14-12(17)13(11-9-7-6-8-10-11)19-15(20-14)16(2,3)4/h6-10H,5H2,1-4H3,(H,18,19,20). The summed E-state index contributed by atoms with van der Waals surface area (Å²) < 4.78 is 1.07. The van der Waals surface area contributed by atoms with Gasteiger partial charge in [0.2, 0.25) is 0 Å². The molecule has 1 heterocycles. The molecule has 0 radical (unpaired) electrons. The highest BCUT2D eigenvalue weighted by Gasteiger charge is 2.22. The fourth-order valence-electron chi connectivity index (χ4n) is 1.85. The normalized spacial score (nSPS) is 11.4. The monoisotopic (exact) mass is 381 g/mol. The number of hydrogen-bond donors (Lipinski definition) is 1. The molecule has 0 aliphatic rings. The van der Waals surface area contributed by atoms with Crippen molar-refractivity contribution in [3.8, 4) is 11.3 Å². The molecule has 0 aliphatic carbocycles. The first-order valence-electron chi connectivity index (χ1n) is 6.80. The molecule has 2 rings (SSSR count). The topological polar surface area (TPSA) is 37.8 Å². The molecule has 1 aromatic heterocycles. The molecule has 0 spiro atoms. The Morgan fingerprint density at radius 2 is 1.75 bits per heavy atom. The van der Waals surface area contributed by atoms with Gasteiger partial charge in [0.05, 0.1) is 9.26 Å². The molecule has 20 heavy (non-hydrogen) atoms. The van der Waals surface area contributed by atoms with Crippen LogP contribution in [0, 0.1) is 3.57 Å². The molecule has 1 N–H and O–H groups in total. The van der Waals surface area contributed by atoms with Gasteiger partial charge >= 0.3 is 0 Å². The van der Waals surface area contributed by atoms with Crippen molar-refractivity contribution >= 4 is 28.4 Å². The molecule has 106 valence electrons. The average Bonchev–Trinajstić information content (AvgIpc) is 2.41. The molecular weight excluding hydrogens is 361 g/mol. The summed E-state index contributed by atoms with van der Waals surface area (Å²) >= 11 is 2.33. The minimum atomic E-state index is -0.0714. The zero-order chi connectivity index (χ0) is 14.8. The van der Waals surface area contributed by atoms with Gasteiger partial charge < -0.3 is 5.32 Å². The van der Waals surface area contributed by atoms with Gasteiger partial charge in [-0.15, -0.1) is 0 Å². The second kappa shape index (κ2) is 6.08. The van der Waals surface area contributed by atoms with Crippen molar-refractivity contribution in [2.75, 3.05) is 11.9 Å². The predicted octanol–water partition coefficient (Wildman–Crippen LogP) is 4.48. The number of aromatic nitrogens is 2. The van der Waals surface area contributed by atoms with Crippen LogP contribution in [0.25, 0.3) is 11.3 Å². The van der Waals surface area contributed by atoms with Crippen LogP contribution in [-0.2, 0) is 5.41 Å². The highest BCUT2D eigenvalue weighted by molar-refractivity contribution is 14.1. The van der Waals surface area contributed by atoms with E-state index in [0.29, 0.717) is 0 Å². The Hall–Kier alpha value is -1.17. The van der Waals surface area contributed by atoms with Gasteiger partial charge in [-0.05, 0) is 29.5 Å². The lowest BCUT2D eigenvalue weighted by molar-refractivity contribution is 0.546. The van der Waals surface area contributed by atoms with Crippen LogP contribution in [0.1, 0.15) is 33.5 Å². The molecule has 4 heteroatoms. The molecule has 0 saturated heterocycles. The largest absolute Gasteiger partial charge is 0.369 e. The molecule has 0 bridgehead atoms. The average molecular weight is 381 g/mol. The summed E-state index contributed by atoms with van der Waals surface area (Å²) in [6.07, 6.45) is 0. The van der Waals surface area contributed by atoms with E-state index in [9.17, 15) is 0 Å². The molecule has 3 nitrogen and oxygen atoms in total. The Balaban J connectivity index is 2.64. The van der Waals surface area contributed by atoms with Crippen LogP contribution in [0.2, 0.25) is 0 Å². The van der Waals surface area contributed by atoms with E-state index in [1.165, 1.54) is 0 Å². The van der Waals surface area contributed by atoms with Crippen LogP contribution >= 0.6 is 22.6 Å². The van der Waals surface area contributed by atoms with Gasteiger partial charge in [0.1, 0.15) is 11.6 Å². The number of halogens is 1. The van der Waals surface area contributed by atoms with E-state index in [2.05, 4.69) is 72.7 Å². The van der Waals surface area contributed by atoms with E-state index in [-0.39, 0.29) is 5.41 Å². The SMILES string of the molecule is CCNc1nc(C(C)(C)C)nc(-c2ccccc2)c1I. The third-order valence-corrected chi connectivity index (χ3v) is 3.94. The van der Waals surface area contributed by atoms with Gasteiger partial charge in [0, 0.05) is 17.5 Å². The summed E-state index contributed by atoms with van der Waals surface area (Å²) in [4.78, 5) is 9.49. The lowest BCUT2D eigenvalue weighted by Crippen LogP contribution is -2.19. The minimum Gasteiger partial charge on any atom is -0.369 e. The zero-order valence-corrected chi connectivity index (χ0v) is 14.5. The number of nitrogens with zero attached hydrogens (tertiary/aromatic N) is 2. The van der Waals surface area contributed by atoms with Crippen LogP contribution in [0.4, 0.5) is 5.82 Å². The summed E-state index contributed by atoms with van der Waals surface area (Å²) in [5, 5.41) is 3.34. The number of benzene rings is 1. The van der Waals surface area contributed by atoms with Crippen LogP contribution < -0.4 is 5.32 Å². The Morgan fingerprint density at radius 1 is 1.10 bits per heavy atom. The Bertz CT molecular complexity index is 589. The number of nitrogens with one attached hydrogen (secondary N) is 1. The summed E-state index contributed by atoms with van der Waals surface area (Å²) in [6, 6.07) is 10.3. The maximum Gasteiger partial charge on any atom is 0.143 e. The molecule has 0 amide bonds. The lowest BCUT2D eigenvalue weighted by Gasteiger charge is -2.20. The molecule has 0 atom stereocenters. The molecular formula is C16H20IN3. The molecule has 0 aliphatic heterocycles. The molecule has 0 fully saturated rings. The van der Waals surface area contributed by atoms with Gasteiger partial charge in [-0.2, -0.15) is 0 Å². The quantitative estimate of drug-likeness (QED) is 0.797. The van der Waals surface area contributed by atoms with Crippen molar-refractivity contribution in [1.29, 1.82) is 0 Å². The third-order valence-electron chi connectivity index (χ3n) is 2.91. The van der Waals surface area contributed by atoms with Gasteiger partial charge in [-0.25, -0.2) is 9.97 Å². The fourth-order valence-corrected chi connectivity index (χ4v) is 2.60. The second-order valence-corrected chi connectivity index (χ2v) is 6.78. The Morgan fingerprint density at radius 3 is 2.30 bits per heavy atom. The lowest BCUT2D eigenvalue weighted by atomic mass is 9.95. The predicted molar refractivity (Wildman–Crippen MR) is 93.0 cm³/mol. The van der Waals surface area contributed by atoms with Gasteiger partial charge in [0.25, 0.3) is 0 Å². The van der Waals surface area contributed by atoms with E-state index >= 15 is 0 Å². The highest BCUT2D eigenvalue weighted by atomic mass is 127. The molecule has 1 aromatic carbocycles. The summed E-state index contributed by atoms with van der Waals surface area (Å²) in [6.45, 7) is 9.35. The second-order valence-electron chi connectivity index (χ2n) is 5.70. The minimum absolute atomic E-state index is 0.0714. The first kappa shape index (κ1) is 15.2. The van der Waals surface area contributed by atoms with Crippen LogP contribution in [0.15, 0.2) is 30.3 Å².